The molecule has 4 aromatic rings. The lowest BCUT2D eigenvalue weighted by molar-refractivity contribution is 0.0977. The average Bonchev–Trinajstić information content (AvgIpc) is 3.20. The number of hydrogen-bond donors (Lipinski definition) is 3. The van der Waals surface area contributed by atoms with Crippen LogP contribution in [0.5, 0.6) is 5.75 Å². The summed E-state index contributed by atoms with van der Waals surface area (Å²) in [6.45, 7) is 6.22. The van der Waals surface area contributed by atoms with Gasteiger partial charge in [0.15, 0.2) is 0 Å². The van der Waals surface area contributed by atoms with Crippen molar-refractivity contribution in [2.24, 2.45) is 4.99 Å². The molecule has 0 saturated carbocycles. The van der Waals surface area contributed by atoms with Gasteiger partial charge in [0.25, 0.3) is 5.91 Å². The van der Waals surface area contributed by atoms with Crippen LogP contribution in [0.1, 0.15) is 32.9 Å². The zero-order chi connectivity index (χ0) is 24.1. The van der Waals surface area contributed by atoms with Crippen molar-refractivity contribution in [1.29, 1.82) is 0 Å². The number of carbonyl (C=O) groups is 1. The van der Waals surface area contributed by atoms with Gasteiger partial charge in [-0.05, 0) is 69.2 Å². The summed E-state index contributed by atoms with van der Waals surface area (Å²) in [5.41, 5.74) is 5.44. The lowest BCUT2D eigenvalue weighted by atomic mass is 10.1. The van der Waals surface area contributed by atoms with E-state index in [9.17, 15) is 4.79 Å². The highest BCUT2D eigenvalue weighted by atomic mass is 16.5. The maximum absolute atomic E-state index is 12.8. The van der Waals surface area contributed by atoms with Gasteiger partial charge in [-0.1, -0.05) is 17.7 Å². The van der Waals surface area contributed by atoms with Gasteiger partial charge in [-0.3, -0.25) is 20.4 Å². The number of hydrogen-bond acceptors (Lipinski definition) is 5. The molecule has 3 N–H and O–H groups in total. The Morgan fingerprint density at radius 3 is 2.47 bits per heavy atom. The highest BCUT2D eigenvalue weighted by Gasteiger charge is 2.12. The second kappa shape index (κ2) is 10.2. The van der Waals surface area contributed by atoms with Gasteiger partial charge in [-0.15, -0.1) is 0 Å². The first-order chi connectivity index (χ1) is 16.4. The number of rotatable bonds is 6. The molecule has 0 atom stereocenters. The Morgan fingerprint density at radius 1 is 1.03 bits per heavy atom. The fraction of sp³-hybridized carbons (Fsp3) is 0.231. The lowest BCUT2D eigenvalue weighted by Crippen LogP contribution is -2.37. The molecular formula is C26H28N6O2. The molecule has 1 amide bonds. The maximum atomic E-state index is 12.8. The van der Waals surface area contributed by atoms with Crippen molar-refractivity contribution in [2.75, 3.05) is 19.0 Å². The van der Waals surface area contributed by atoms with E-state index in [0.717, 1.165) is 39.2 Å². The molecule has 0 spiro atoms. The van der Waals surface area contributed by atoms with Crippen LogP contribution in [-0.2, 0) is 6.42 Å². The molecule has 8 nitrogen and oxygen atoms in total. The highest BCUT2D eigenvalue weighted by molar-refractivity contribution is 6.09. The van der Waals surface area contributed by atoms with Gasteiger partial charge in [-0.25, -0.2) is 9.97 Å². The number of carbonyl (C=O) groups excluding carboxylic acids is 1. The SMILES string of the molecule is COc1ccc2[nH]cc(CCN=C(NC(=O)c3ccc(C)cc3)Nc3nc(C)cc(C)n3)c2c1. The van der Waals surface area contributed by atoms with Crippen molar-refractivity contribution in [3.63, 3.8) is 0 Å². The molecule has 0 aliphatic heterocycles. The van der Waals surface area contributed by atoms with Gasteiger partial charge in [0.05, 0.1) is 7.11 Å². The fourth-order valence-electron chi connectivity index (χ4n) is 3.66. The molecule has 0 aliphatic rings. The molecule has 0 unspecified atom stereocenters. The summed E-state index contributed by atoms with van der Waals surface area (Å²) in [5.74, 6) is 1.23. The summed E-state index contributed by atoms with van der Waals surface area (Å²) in [7, 11) is 1.65. The molecule has 0 fully saturated rings. The molecule has 0 saturated heterocycles. The van der Waals surface area contributed by atoms with Crippen LogP contribution in [0.2, 0.25) is 0 Å². The maximum Gasteiger partial charge on any atom is 0.257 e. The third-order valence-corrected chi connectivity index (χ3v) is 5.38. The van der Waals surface area contributed by atoms with Crippen molar-refractivity contribution in [3.8, 4) is 5.75 Å². The summed E-state index contributed by atoms with van der Waals surface area (Å²) in [5, 5.41) is 7.03. The second-order valence-electron chi connectivity index (χ2n) is 8.13. The van der Waals surface area contributed by atoms with Crippen LogP contribution in [-0.4, -0.2) is 40.5 Å². The Bertz CT molecular complexity index is 1320. The van der Waals surface area contributed by atoms with E-state index in [1.54, 1.807) is 19.2 Å². The van der Waals surface area contributed by atoms with Crippen molar-refractivity contribution >= 4 is 28.7 Å². The minimum atomic E-state index is -0.257. The van der Waals surface area contributed by atoms with E-state index in [1.807, 2.05) is 63.4 Å². The molecule has 2 aromatic heterocycles. The molecule has 2 aromatic carbocycles. The Balaban J connectivity index is 1.55. The molecule has 8 heteroatoms. The third kappa shape index (κ3) is 5.58. The molecule has 0 radical (unpaired) electrons. The van der Waals surface area contributed by atoms with E-state index in [0.29, 0.717) is 30.4 Å². The van der Waals surface area contributed by atoms with Gasteiger partial charge in [0.1, 0.15) is 5.75 Å². The van der Waals surface area contributed by atoms with E-state index < -0.39 is 0 Å². The lowest BCUT2D eigenvalue weighted by Gasteiger charge is -2.12. The van der Waals surface area contributed by atoms with Gasteiger partial charge >= 0.3 is 0 Å². The van der Waals surface area contributed by atoms with Gasteiger partial charge in [0.2, 0.25) is 11.9 Å². The normalized spacial score (nSPS) is 11.5. The van der Waals surface area contributed by atoms with E-state index in [1.165, 1.54) is 0 Å². The van der Waals surface area contributed by atoms with E-state index in [4.69, 9.17) is 4.74 Å². The Morgan fingerprint density at radius 2 is 1.76 bits per heavy atom. The molecule has 0 bridgehead atoms. The fourth-order valence-corrected chi connectivity index (χ4v) is 3.66. The highest BCUT2D eigenvalue weighted by Crippen LogP contribution is 2.24. The van der Waals surface area contributed by atoms with Crippen LogP contribution < -0.4 is 15.4 Å². The number of anilines is 1. The summed E-state index contributed by atoms with van der Waals surface area (Å²) in [6, 6.07) is 15.2. The smallest absolute Gasteiger partial charge is 0.257 e. The number of guanidine groups is 1. The number of H-pyrrole nitrogens is 1. The van der Waals surface area contributed by atoms with E-state index >= 15 is 0 Å². The number of aryl methyl sites for hydroxylation is 3. The first-order valence-corrected chi connectivity index (χ1v) is 11.1. The number of ether oxygens (including phenoxy) is 1. The first kappa shape index (κ1) is 23.0. The number of amides is 1. The largest absolute Gasteiger partial charge is 0.497 e. The van der Waals surface area contributed by atoms with E-state index in [2.05, 4.69) is 30.6 Å². The molecule has 2 heterocycles. The standard InChI is InChI=1S/C26H28N6O2/c1-16-5-7-19(8-6-16)24(33)31-25(32-26-29-17(2)13-18(3)30-26)27-12-11-20-15-28-23-10-9-21(34-4)14-22(20)23/h5-10,13-15,28H,11-12H2,1-4H3,(H2,27,29,30,31,32,33). The number of aliphatic imine (C=N–C) groups is 1. The Labute approximate surface area is 198 Å². The van der Waals surface area contributed by atoms with Gasteiger partial charge < -0.3 is 9.72 Å². The monoisotopic (exact) mass is 456 g/mol. The second-order valence-corrected chi connectivity index (χ2v) is 8.13. The van der Waals surface area contributed by atoms with E-state index in [-0.39, 0.29) is 5.91 Å². The number of nitrogens with zero attached hydrogens (tertiary/aromatic N) is 3. The van der Waals surface area contributed by atoms with Crippen LogP contribution in [0.25, 0.3) is 10.9 Å². The average molecular weight is 457 g/mol. The number of benzene rings is 2. The molecule has 4 rings (SSSR count). The van der Waals surface area contributed by atoms with Crippen LogP contribution in [0.4, 0.5) is 5.95 Å². The summed E-state index contributed by atoms with van der Waals surface area (Å²) >= 11 is 0. The van der Waals surface area contributed by atoms with Crippen LogP contribution in [0.15, 0.2) is 59.7 Å². The van der Waals surface area contributed by atoms with Gasteiger partial charge in [-0.2, -0.15) is 0 Å². The quantitative estimate of drug-likeness (QED) is 0.296. The zero-order valence-corrected chi connectivity index (χ0v) is 19.8. The summed E-state index contributed by atoms with van der Waals surface area (Å²) in [4.78, 5) is 29.6. The number of aromatic amines is 1. The van der Waals surface area contributed by atoms with Gasteiger partial charge in [0, 0.05) is 40.6 Å². The van der Waals surface area contributed by atoms with Crippen molar-refractivity contribution in [1.82, 2.24) is 20.3 Å². The molecular weight excluding hydrogens is 428 g/mol. The molecule has 174 valence electrons. The number of methoxy groups -OCH3 is 1. The Hall–Kier alpha value is -4.20. The van der Waals surface area contributed by atoms with Crippen LogP contribution >= 0.6 is 0 Å². The summed E-state index contributed by atoms with van der Waals surface area (Å²) in [6.07, 6.45) is 2.65. The molecule has 0 aliphatic carbocycles. The number of nitrogens with one attached hydrogen (secondary N) is 3. The predicted octanol–water partition coefficient (Wildman–Crippen LogP) is 4.33. The third-order valence-electron chi connectivity index (χ3n) is 5.38. The van der Waals surface area contributed by atoms with Crippen molar-refractivity contribution < 1.29 is 9.53 Å². The van der Waals surface area contributed by atoms with Crippen LogP contribution in [0, 0.1) is 20.8 Å². The predicted molar refractivity (Wildman–Crippen MR) is 135 cm³/mol. The van der Waals surface area contributed by atoms with Crippen LogP contribution in [0.3, 0.4) is 0 Å². The topological polar surface area (TPSA) is 104 Å². The number of aromatic nitrogens is 3. The molecule has 34 heavy (non-hydrogen) atoms. The number of fused-ring (bicyclic) bond motifs is 1. The first-order valence-electron chi connectivity index (χ1n) is 11.1. The minimum Gasteiger partial charge on any atom is -0.497 e. The zero-order valence-electron chi connectivity index (χ0n) is 19.8. The van der Waals surface area contributed by atoms with Crippen molar-refractivity contribution in [2.45, 2.75) is 27.2 Å². The minimum absolute atomic E-state index is 0.257. The van der Waals surface area contributed by atoms with Crippen molar-refractivity contribution in [3.05, 3.63) is 82.8 Å². The Kier molecular flexibility index (Phi) is 6.87. The summed E-state index contributed by atoms with van der Waals surface area (Å²) < 4.78 is 5.36.